The zero-order valence-corrected chi connectivity index (χ0v) is 27.2. The maximum Gasteiger partial charge on any atom is 0.408 e. The second-order valence-electron chi connectivity index (χ2n) is 12.6. The summed E-state index contributed by atoms with van der Waals surface area (Å²) in [6, 6.07) is 19.4. The van der Waals surface area contributed by atoms with E-state index in [9.17, 15) is 14.4 Å². The molecule has 3 aromatic carbocycles. The van der Waals surface area contributed by atoms with Crippen molar-refractivity contribution in [3.63, 3.8) is 0 Å². The summed E-state index contributed by atoms with van der Waals surface area (Å²) in [5.41, 5.74) is 1.43. The average molecular weight is 600 g/mol. The first kappa shape index (κ1) is 34.4. The molecule has 0 radical (unpaired) electrons. The van der Waals surface area contributed by atoms with Crippen molar-refractivity contribution in [2.75, 3.05) is 11.9 Å². The highest BCUT2D eigenvalue weighted by atomic mass is 16.6. The molecule has 0 spiro atoms. The quantitative estimate of drug-likeness (QED) is 0.182. The van der Waals surface area contributed by atoms with E-state index in [1.165, 1.54) is 0 Å². The average Bonchev–Trinajstić information content (AvgIpc) is 2.97. The van der Waals surface area contributed by atoms with Crippen LogP contribution in [-0.2, 0) is 14.3 Å². The van der Waals surface area contributed by atoms with Gasteiger partial charge in [0, 0.05) is 12.2 Å². The molecule has 7 heteroatoms. The van der Waals surface area contributed by atoms with Crippen LogP contribution in [0.1, 0.15) is 90.8 Å². The molecule has 2 N–H and O–H groups in total. The van der Waals surface area contributed by atoms with Crippen LogP contribution in [0.2, 0.25) is 0 Å². The summed E-state index contributed by atoms with van der Waals surface area (Å²) in [6.45, 7) is 15.5. The Bertz CT molecular complexity index is 1430. The Labute approximate surface area is 263 Å². The minimum Gasteiger partial charge on any atom is -0.444 e. The third-order valence-corrected chi connectivity index (χ3v) is 7.43. The Kier molecular flexibility index (Phi) is 12.6. The molecule has 2 unspecified atom stereocenters. The molecule has 0 saturated carbocycles. The predicted molar refractivity (Wildman–Crippen MR) is 180 cm³/mol. The van der Waals surface area contributed by atoms with E-state index in [1.807, 2.05) is 80.6 Å². The van der Waals surface area contributed by atoms with E-state index < -0.39 is 23.8 Å². The van der Waals surface area contributed by atoms with Gasteiger partial charge in [0.05, 0.1) is 0 Å². The lowest BCUT2D eigenvalue weighted by Gasteiger charge is -2.36. The van der Waals surface area contributed by atoms with Crippen LogP contribution in [0.3, 0.4) is 0 Å². The first-order chi connectivity index (χ1) is 20.9. The number of hydrogen-bond acceptors (Lipinski definition) is 4. The number of amides is 3. The van der Waals surface area contributed by atoms with Crippen LogP contribution in [0.15, 0.2) is 73.3 Å². The molecule has 3 amide bonds. The summed E-state index contributed by atoms with van der Waals surface area (Å²) in [5.74, 6) is -0.909. The standard InChI is InChI=1S/C37H49N3O4/c1-8-10-11-12-15-23-40(35(42)32(26(3)4)39-36(43)44-37(5,6)7)33(30-20-16-17-27(9-2)24-30)34(41)38-31-22-21-28-18-13-14-19-29(28)25-31/h9,13-14,16-22,24-26,32-33H,2,8,10-12,15,23H2,1,3-7H3,(H,38,41)(H,39,43). The molecule has 44 heavy (non-hydrogen) atoms. The van der Waals surface area contributed by atoms with Gasteiger partial charge in [0.1, 0.15) is 17.7 Å². The van der Waals surface area contributed by atoms with E-state index in [4.69, 9.17) is 4.74 Å². The molecule has 0 heterocycles. The fraction of sp³-hybridized carbons (Fsp3) is 0.432. The highest BCUT2D eigenvalue weighted by Crippen LogP contribution is 2.28. The summed E-state index contributed by atoms with van der Waals surface area (Å²) < 4.78 is 5.50. The van der Waals surface area contributed by atoms with Gasteiger partial charge >= 0.3 is 6.09 Å². The van der Waals surface area contributed by atoms with Gasteiger partial charge in [0.15, 0.2) is 0 Å². The molecule has 0 aliphatic heterocycles. The minimum absolute atomic E-state index is 0.249. The molecular formula is C37H49N3O4. The fourth-order valence-corrected chi connectivity index (χ4v) is 5.19. The molecule has 0 aliphatic rings. The number of nitrogens with zero attached hydrogens (tertiary/aromatic N) is 1. The third-order valence-electron chi connectivity index (χ3n) is 7.43. The Morgan fingerprint density at radius 3 is 2.27 bits per heavy atom. The first-order valence-electron chi connectivity index (χ1n) is 15.8. The molecule has 236 valence electrons. The molecule has 0 aromatic heterocycles. The topological polar surface area (TPSA) is 87.7 Å². The number of rotatable bonds is 14. The van der Waals surface area contributed by atoms with E-state index >= 15 is 0 Å². The molecule has 0 bridgehead atoms. The van der Waals surface area contributed by atoms with Gasteiger partial charge < -0.3 is 20.3 Å². The van der Waals surface area contributed by atoms with E-state index in [0.717, 1.165) is 48.4 Å². The first-order valence-corrected chi connectivity index (χ1v) is 15.8. The molecule has 0 saturated heterocycles. The highest BCUT2D eigenvalue weighted by Gasteiger charge is 2.37. The lowest BCUT2D eigenvalue weighted by Crippen LogP contribution is -2.54. The number of carbonyl (C=O) groups is 3. The minimum atomic E-state index is -0.943. The van der Waals surface area contributed by atoms with Crippen molar-refractivity contribution < 1.29 is 19.1 Å². The summed E-state index contributed by atoms with van der Waals surface area (Å²) in [5, 5.41) is 7.95. The van der Waals surface area contributed by atoms with Gasteiger partial charge in [0.25, 0.3) is 5.91 Å². The van der Waals surface area contributed by atoms with Gasteiger partial charge in [-0.1, -0.05) is 108 Å². The zero-order chi connectivity index (χ0) is 32.3. The Morgan fingerprint density at radius 1 is 0.909 bits per heavy atom. The number of ether oxygens (including phenoxy) is 1. The smallest absolute Gasteiger partial charge is 0.408 e. The van der Waals surface area contributed by atoms with Gasteiger partial charge in [0.2, 0.25) is 5.91 Å². The van der Waals surface area contributed by atoms with Crippen molar-refractivity contribution >= 4 is 40.4 Å². The maximum absolute atomic E-state index is 14.5. The molecule has 0 aliphatic carbocycles. The van der Waals surface area contributed by atoms with E-state index in [0.29, 0.717) is 17.8 Å². The zero-order valence-electron chi connectivity index (χ0n) is 27.2. The van der Waals surface area contributed by atoms with Gasteiger partial charge in [-0.2, -0.15) is 0 Å². The number of fused-ring (bicyclic) bond motifs is 1. The number of unbranched alkanes of at least 4 members (excludes halogenated alkanes) is 4. The summed E-state index contributed by atoms with van der Waals surface area (Å²) in [4.78, 5) is 43.2. The summed E-state index contributed by atoms with van der Waals surface area (Å²) in [6.07, 6.45) is 5.96. The SMILES string of the molecule is C=Cc1cccc(C(C(=O)Nc2ccc3ccccc3c2)N(CCCCCCC)C(=O)C(NC(=O)OC(C)(C)C)C(C)C)c1. The molecule has 0 fully saturated rings. The second-order valence-corrected chi connectivity index (χ2v) is 12.6. The van der Waals surface area contributed by atoms with E-state index in [-0.39, 0.29) is 17.7 Å². The van der Waals surface area contributed by atoms with Crippen LogP contribution in [0, 0.1) is 5.92 Å². The Morgan fingerprint density at radius 2 is 1.61 bits per heavy atom. The van der Waals surface area contributed by atoms with Crippen molar-refractivity contribution in [3.05, 3.63) is 84.4 Å². The highest BCUT2D eigenvalue weighted by molar-refractivity contribution is 6.00. The van der Waals surface area contributed by atoms with Gasteiger partial charge in [-0.3, -0.25) is 9.59 Å². The van der Waals surface area contributed by atoms with E-state index in [2.05, 4.69) is 24.1 Å². The van der Waals surface area contributed by atoms with Crippen molar-refractivity contribution in [3.8, 4) is 0 Å². The van der Waals surface area contributed by atoms with Crippen LogP contribution >= 0.6 is 0 Å². The lowest BCUT2D eigenvalue weighted by molar-refractivity contribution is -0.141. The van der Waals surface area contributed by atoms with Crippen LogP contribution < -0.4 is 10.6 Å². The van der Waals surface area contributed by atoms with E-state index in [1.54, 1.807) is 31.7 Å². The number of benzene rings is 3. The predicted octanol–water partition coefficient (Wildman–Crippen LogP) is 8.51. The van der Waals surface area contributed by atoms with Gasteiger partial charge in [-0.05, 0) is 73.2 Å². The Hall–Kier alpha value is -4.13. The maximum atomic E-state index is 14.5. The van der Waals surface area contributed by atoms with Crippen LogP contribution in [0.25, 0.3) is 16.8 Å². The molecule has 7 nitrogen and oxygen atoms in total. The number of hydrogen-bond donors (Lipinski definition) is 2. The normalized spacial score (nSPS) is 12.8. The summed E-state index contributed by atoms with van der Waals surface area (Å²) in [7, 11) is 0. The van der Waals surface area contributed by atoms with Crippen LogP contribution in [-0.4, -0.2) is 41.0 Å². The van der Waals surface area contributed by atoms with Crippen molar-refractivity contribution in [2.24, 2.45) is 5.92 Å². The second kappa shape index (κ2) is 16.1. The van der Waals surface area contributed by atoms with Crippen molar-refractivity contribution in [2.45, 2.75) is 91.3 Å². The molecule has 2 atom stereocenters. The number of alkyl carbamates (subject to hydrolysis) is 1. The van der Waals surface area contributed by atoms with Gasteiger partial charge in [-0.25, -0.2) is 4.79 Å². The summed E-state index contributed by atoms with van der Waals surface area (Å²) >= 11 is 0. The lowest BCUT2D eigenvalue weighted by atomic mass is 9.97. The van der Waals surface area contributed by atoms with Crippen LogP contribution in [0.5, 0.6) is 0 Å². The number of carbonyl (C=O) groups excluding carboxylic acids is 3. The molecular weight excluding hydrogens is 550 g/mol. The number of anilines is 1. The monoisotopic (exact) mass is 599 g/mol. The Balaban J connectivity index is 2.04. The van der Waals surface area contributed by atoms with Gasteiger partial charge in [-0.15, -0.1) is 0 Å². The van der Waals surface area contributed by atoms with Crippen molar-refractivity contribution in [1.82, 2.24) is 10.2 Å². The number of nitrogens with one attached hydrogen (secondary N) is 2. The largest absolute Gasteiger partial charge is 0.444 e. The molecule has 3 aromatic rings. The third kappa shape index (κ3) is 9.97. The fourth-order valence-electron chi connectivity index (χ4n) is 5.19. The van der Waals surface area contributed by atoms with Crippen LogP contribution in [0.4, 0.5) is 10.5 Å². The molecule has 3 rings (SSSR count). The van der Waals surface area contributed by atoms with Crippen molar-refractivity contribution in [1.29, 1.82) is 0 Å².